The van der Waals surface area contributed by atoms with Gasteiger partial charge in [0, 0.05) is 11.3 Å². The van der Waals surface area contributed by atoms with Gasteiger partial charge in [-0.05, 0) is 38.5 Å². The molecule has 0 aliphatic rings. The molecular formula is C19H25N2O+. The molecule has 0 aliphatic carbocycles. The summed E-state index contributed by atoms with van der Waals surface area (Å²) in [6, 6.07) is 14.4. The monoisotopic (exact) mass is 297 g/mol. The SMILES string of the molecule is Cc1ccc(NC(=O)C[NH+](C)Cc2cc(C)ccc2C)cc1. The summed E-state index contributed by atoms with van der Waals surface area (Å²) in [6.07, 6.45) is 0. The van der Waals surface area contributed by atoms with Crippen LogP contribution < -0.4 is 10.2 Å². The fourth-order valence-corrected chi connectivity index (χ4v) is 2.49. The summed E-state index contributed by atoms with van der Waals surface area (Å²) < 4.78 is 0. The van der Waals surface area contributed by atoms with Crippen molar-refractivity contribution in [1.82, 2.24) is 0 Å². The molecule has 0 heterocycles. The molecule has 2 aromatic rings. The maximum Gasteiger partial charge on any atom is 0.279 e. The summed E-state index contributed by atoms with van der Waals surface area (Å²) in [7, 11) is 2.05. The van der Waals surface area contributed by atoms with Crippen LogP contribution in [0.4, 0.5) is 5.69 Å². The minimum absolute atomic E-state index is 0.0478. The molecule has 1 unspecified atom stereocenters. The summed E-state index contributed by atoms with van der Waals surface area (Å²) in [5.41, 5.74) is 5.90. The number of aryl methyl sites for hydroxylation is 3. The molecule has 0 spiro atoms. The van der Waals surface area contributed by atoms with E-state index in [0.29, 0.717) is 6.54 Å². The Morgan fingerprint density at radius 3 is 2.32 bits per heavy atom. The van der Waals surface area contributed by atoms with Gasteiger partial charge >= 0.3 is 0 Å². The second-order valence-corrected chi connectivity index (χ2v) is 6.15. The van der Waals surface area contributed by atoms with Gasteiger partial charge in [0.1, 0.15) is 6.54 Å². The van der Waals surface area contributed by atoms with Crippen molar-refractivity contribution < 1.29 is 9.69 Å². The summed E-state index contributed by atoms with van der Waals surface area (Å²) in [6.45, 7) is 7.57. The van der Waals surface area contributed by atoms with Gasteiger partial charge in [-0.1, -0.05) is 41.5 Å². The Kier molecular flexibility index (Phi) is 5.34. The van der Waals surface area contributed by atoms with E-state index >= 15 is 0 Å². The molecule has 0 saturated heterocycles. The first kappa shape index (κ1) is 16.2. The van der Waals surface area contributed by atoms with Crippen molar-refractivity contribution in [2.24, 2.45) is 0 Å². The summed E-state index contributed by atoms with van der Waals surface area (Å²) in [4.78, 5) is 13.3. The van der Waals surface area contributed by atoms with Gasteiger partial charge in [-0.25, -0.2) is 0 Å². The molecule has 0 aromatic heterocycles. The molecule has 0 saturated carbocycles. The fraction of sp³-hybridized carbons (Fsp3) is 0.316. The number of nitrogens with one attached hydrogen (secondary N) is 2. The highest BCUT2D eigenvalue weighted by atomic mass is 16.2. The van der Waals surface area contributed by atoms with E-state index < -0.39 is 0 Å². The normalized spacial score (nSPS) is 12.0. The third-order valence-electron chi connectivity index (χ3n) is 3.79. The van der Waals surface area contributed by atoms with E-state index in [9.17, 15) is 4.79 Å². The van der Waals surface area contributed by atoms with Crippen LogP contribution in [0, 0.1) is 20.8 Å². The number of hydrogen-bond acceptors (Lipinski definition) is 1. The van der Waals surface area contributed by atoms with Crippen LogP contribution in [0.1, 0.15) is 22.3 Å². The van der Waals surface area contributed by atoms with Gasteiger partial charge in [0.05, 0.1) is 7.05 Å². The number of likely N-dealkylation sites (N-methyl/N-ethyl adjacent to an activating group) is 1. The zero-order valence-corrected chi connectivity index (χ0v) is 13.9. The molecule has 0 bridgehead atoms. The number of hydrogen-bond donors (Lipinski definition) is 2. The first-order valence-corrected chi connectivity index (χ1v) is 7.68. The number of quaternary nitrogens is 1. The van der Waals surface area contributed by atoms with Crippen molar-refractivity contribution in [2.45, 2.75) is 27.3 Å². The van der Waals surface area contributed by atoms with E-state index in [1.165, 1.54) is 27.2 Å². The van der Waals surface area contributed by atoms with Crippen molar-refractivity contribution in [3.63, 3.8) is 0 Å². The first-order valence-electron chi connectivity index (χ1n) is 7.68. The molecule has 2 rings (SSSR count). The van der Waals surface area contributed by atoms with Gasteiger partial charge in [-0.15, -0.1) is 0 Å². The molecule has 3 heteroatoms. The predicted molar refractivity (Wildman–Crippen MR) is 91.2 cm³/mol. The van der Waals surface area contributed by atoms with E-state index in [-0.39, 0.29) is 5.91 Å². The molecule has 0 fully saturated rings. The average molecular weight is 297 g/mol. The molecular weight excluding hydrogens is 272 g/mol. The summed E-state index contributed by atoms with van der Waals surface area (Å²) in [5.74, 6) is 0.0478. The Balaban J connectivity index is 1.91. The molecule has 2 aromatic carbocycles. The number of rotatable bonds is 5. The van der Waals surface area contributed by atoms with Crippen LogP contribution in [0.25, 0.3) is 0 Å². The fourth-order valence-electron chi connectivity index (χ4n) is 2.49. The first-order chi connectivity index (χ1) is 10.4. The Morgan fingerprint density at radius 1 is 1.00 bits per heavy atom. The second-order valence-electron chi connectivity index (χ2n) is 6.15. The molecule has 22 heavy (non-hydrogen) atoms. The summed E-state index contributed by atoms with van der Waals surface area (Å²) >= 11 is 0. The molecule has 0 radical (unpaired) electrons. The summed E-state index contributed by atoms with van der Waals surface area (Å²) in [5, 5.41) is 2.95. The maximum atomic E-state index is 12.1. The van der Waals surface area contributed by atoms with E-state index in [0.717, 1.165) is 12.2 Å². The smallest absolute Gasteiger partial charge is 0.279 e. The second kappa shape index (κ2) is 7.23. The lowest BCUT2D eigenvalue weighted by Gasteiger charge is -2.15. The molecule has 3 nitrogen and oxygen atoms in total. The van der Waals surface area contributed by atoms with Gasteiger partial charge in [0.2, 0.25) is 0 Å². The molecule has 116 valence electrons. The van der Waals surface area contributed by atoms with Crippen LogP contribution in [-0.2, 0) is 11.3 Å². The van der Waals surface area contributed by atoms with Crippen molar-refractivity contribution >= 4 is 11.6 Å². The van der Waals surface area contributed by atoms with Gasteiger partial charge in [-0.2, -0.15) is 0 Å². The van der Waals surface area contributed by atoms with E-state index in [2.05, 4.69) is 44.4 Å². The third-order valence-corrected chi connectivity index (χ3v) is 3.79. The largest absolute Gasteiger partial charge is 0.326 e. The zero-order valence-electron chi connectivity index (χ0n) is 13.9. The van der Waals surface area contributed by atoms with Crippen molar-refractivity contribution in [1.29, 1.82) is 0 Å². The lowest BCUT2D eigenvalue weighted by atomic mass is 10.1. The number of amides is 1. The highest BCUT2D eigenvalue weighted by Gasteiger charge is 2.12. The quantitative estimate of drug-likeness (QED) is 0.872. The Morgan fingerprint density at radius 2 is 1.64 bits per heavy atom. The van der Waals surface area contributed by atoms with E-state index in [4.69, 9.17) is 0 Å². The predicted octanol–water partition coefficient (Wildman–Crippen LogP) is 2.27. The minimum atomic E-state index is 0.0478. The maximum absolute atomic E-state index is 12.1. The highest BCUT2D eigenvalue weighted by Crippen LogP contribution is 2.09. The number of carbonyl (C=O) groups is 1. The Bertz CT molecular complexity index is 647. The van der Waals surface area contributed by atoms with Crippen LogP contribution >= 0.6 is 0 Å². The lowest BCUT2D eigenvalue weighted by Crippen LogP contribution is -3.08. The minimum Gasteiger partial charge on any atom is -0.326 e. The molecule has 2 N–H and O–H groups in total. The van der Waals surface area contributed by atoms with Crippen LogP contribution in [0.2, 0.25) is 0 Å². The van der Waals surface area contributed by atoms with Crippen LogP contribution in [0.3, 0.4) is 0 Å². The van der Waals surface area contributed by atoms with Crippen LogP contribution in [0.15, 0.2) is 42.5 Å². The van der Waals surface area contributed by atoms with E-state index in [1.54, 1.807) is 0 Å². The number of benzene rings is 2. The lowest BCUT2D eigenvalue weighted by molar-refractivity contribution is -0.885. The van der Waals surface area contributed by atoms with Crippen molar-refractivity contribution in [3.05, 3.63) is 64.7 Å². The van der Waals surface area contributed by atoms with Crippen molar-refractivity contribution in [2.75, 3.05) is 18.9 Å². The Labute approximate surface area is 133 Å². The molecule has 0 aliphatic heterocycles. The van der Waals surface area contributed by atoms with Gasteiger partial charge in [0.15, 0.2) is 6.54 Å². The van der Waals surface area contributed by atoms with Crippen LogP contribution in [0.5, 0.6) is 0 Å². The van der Waals surface area contributed by atoms with Gasteiger partial charge in [0.25, 0.3) is 5.91 Å². The van der Waals surface area contributed by atoms with E-state index in [1.807, 2.05) is 31.2 Å². The average Bonchev–Trinajstić information content (AvgIpc) is 2.45. The van der Waals surface area contributed by atoms with Crippen molar-refractivity contribution in [3.8, 4) is 0 Å². The zero-order chi connectivity index (χ0) is 16.1. The van der Waals surface area contributed by atoms with Crippen LogP contribution in [-0.4, -0.2) is 19.5 Å². The number of anilines is 1. The van der Waals surface area contributed by atoms with Gasteiger partial charge < -0.3 is 10.2 Å². The number of carbonyl (C=O) groups excluding carboxylic acids is 1. The Hall–Kier alpha value is -2.13. The third kappa shape index (κ3) is 4.71. The van der Waals surface area contributed by atoms with Gasteiger partial charge in [-0.3, -0.25) is 4.79 Å². The topological polar surface area (TPSA) is 33.5 Å². The standard InChI is InChI=1S/C19H24N2O/c1-14-6-9-18(10-7-14)20-19(22)13-21(4)12-17-11-15(2)5-8-16(17)3/h5-11H,12-13H2,1-4H3,(H,20,22)/p+1. The highest BCUT2D eigenvalue weighted by molar-refractivity contribution is 5.91. The molecule has 1 atom stereocenters. The molecule has 1 amide bonds.